The summed E-state index contributed by atoms with van der Waals surface area (Å²) in [4.78, 5) is 9.45. The van der Waals surface area contributed by atoms with E-state index in [0.29, 0.717) is 10.8 Å². The molecule has 0 unspecified atom stereocenters. The number of allylic oxidation sites excluding steroid dienone is 3. The van der Waals surface area contributed by atoms with Gasteiger partial charge in [0, 0.05) is 49.7 Å². The van der Waals surface area contributed by atoms with Crippen molar-refractivity contribution >= 4 is 28.1 Å². The van der Waals surface area contributed by atoms with Crippen LogP contribution >= 0.6 is 22.9 Å². The quantitative estimate of drug-likeness (QED) is 0.338. The maximum atomic E-state index is 13.1. The Bertz CT molecular complexity index is 852. The smallest absolute Gasteiger partial charge is 0.346 e. The molecule has 1 aliphatic rings. The normalized spacial score (nSPS) is 16.3. The molecule has 2 heterocycles. The molecule has 0 saturated carbocycles. The van der Waals surface area contributed by atoms with Crippen molar-refractivity contribution in [2.45, 2.75) is 26.4 Å². The van der Waals surface area contributed by atoms with Crippen LogP contribution in [0.4, 0.5) is 18.3 Å². The highest BCUT2D eigenvalue weighted by atomic mass is 35.5. The summed E-state index contributed by atoms with van der Waals surface area (Å²) < 4.78 is 39.3. The molecule has 31 heavy (non-hydrogen) atoms. The zero-order valence-corrected chi connectivity index (χ0v) is 19.5. The van der Waals surface area contributed by atoms with Crippen LogP contribution in [0, 0.1) is 6.92 Å². The highest BCUT2D eigenvalue weighted by Crippen LogP contribution is 2.30. The summed E-state index contributed by atoms with van der Waals surface area (Å²) in [6.45, 7) is 11.7. The zero-order chi connectivity index (χ0) is 22.9. The van der Waals surface area contributed by atoms with Gasteiger partial charge in [-0.05, 0) is 44.0 Å². The molecule has 0 aliphatic carbocycles. The van der Waals surface area contributed by atoms with Crippen LogP contribution in [0.5, 0.6) is 0 Å². The molecule has 3 nitrogen and oxygen atoms in total. The van der Waals surface area contributed by atoms with Crippen LogP contribution in [-0.2, 0) is 6.18 Å². The lowest BCUT2D eigenvalue weighted by atomic mass is 10.1. The van der Waals surface area contributed by atoms with Gasteiger partial charge in [0.2, 0.25) is 0 Å². The predicted molar refractivity (Wildman–Crippen MR) is 126 cm³/mol. The van der Waals surface area contributed by atoms with E-state index < -0.39 is 11.7 Å². The van der Waals surface area contributed by atoms with Crippen molar-refractivity contribution in [3.63, 3.8) is 0 Å². The van der Waals surface area contributed by atoms with Crippen LogP contribution in [0.15, 0.2) is 60.3 Å². The lowest BCUT2D eigenvalue weighted by Gasteiger charge is -2.35. The Balaban J connectivity index is 2.08. The van der Waals surface area contributed by atoms with E-state index in [-0.39, 0.29) is 0 Å². The highest BCUT2D eigenvalue weighted by molar-refractivity contribution is 7.15. The van der Waals surface area contributed by atoms with Gasteiger partial charge in [0.1, 0.15) is 0 Å². The van der Waals surface area contributed by atoms with Gasteiger partial charge in [-0.3, -0.25) is 4.90 Å². The van der Waals surface area contributed by atoms with Crippen molar-refractivity contribution in [1.29, 1.82) is 0 Å². The molecule has 0 amide bonds. The number of aromatic nitrogens is 1. The molecule has 1 aromatic heterocycles. The lowest BCUT2D eigenvalue weighted by molar-refractivity contribution is -0.137. The predicted octanol–water partition coefficient (Wildman–Crippen LogP) is 6.40. The van der Waals surface area contributed by atoms with Crippen molar-refractivity contribution in [3.05, 3.63) is 70.8 Å². The van der Waals surface area contributed by atoms with Crippen molar-refractivity contribution in [3.8, 4) is 0 Å². The Morgan fingerprint density at radius 2 is 2.00 bits per heavy atom. The van der Waals surface area contributed by atoms with E-state index in [1.165, 1.54) is 35.2 Å². The SMILES string of the molecule is C=C/C(=C\C(C)=C/CCCl)CN1CCN(c2ncccc(C(F)(F)F)cc(C)s2)CC1. The summed E-state index contributed by atoms with van der Waals surface area (Å²) in [7, 11) is 0. The van der Waals surface area contributed by atoms with E-state index in [2.05, 4.69) is 40.4 Å². The molecule has 8 heteroatoms. The van der Waals surface area contributed by atoms with Crippen molar-refractivity contribution in [2.24, 2.45) is 0 Å². The zero-order valence-electron chi connectivity index (χ0n) is 18.0. The molecule has 1 fully saturated rings. The second-order valence-corrected chi connectivity index (χ2v) is 8.93. The van der Waals surface area contributed by atoms with Gasteiger partial charge in [-0.15, -0.1) is 22.9 Å². The average molecular weight is 472 g/mol. The molecular formula is C23H29ClF3N3S. The van der Waals surface area contributed by atoms with Crippen LogP contribution in [-0.4, -0.2) is 48.5 Å². The Hall–Kier alpha value is -1.83. The third-order valence-electron chi connectivity index (χ3n) is 4.78. The van der Waals surface area contributed by atoms with E-state index in [4.69, 9.17) is 11.6 Å². The van der Waals surface area contributed by atoms with Crippen LogP contribution in [0.2, 0.25) is 0 Å². The molecule has 1 saturated heterocycles. The molecule has 0 aromatic carbocycles. The van der Waals surface area contributed by atoms with Gasteiger partial charge in [0.25, 0.3) is 0 Å². The van der Waals surface area contributed by atoms with E-state index in [9.17, 15) is 13.2 Å². The van der Waals surface area contributed by atoms with Crippen LogP contribution in [0.25, 0.3) is 0 Å². The molecule has 1 aromatic rings. The fourth-order valence-electron chi connectivity index (χ4n) is 3.20. The van der Waals surface area contributed by atoms with Crippen molar-refractivity contribution in [2.75, 3.05) is 43.5 Å². The van der Waals surface area contributed by atoms with Crippen LogP contribution < -0.4 is 4.90 Å². The first-order valence-electron chi connectivity index (χ1n) is 10.1. The number of hydrogen-bond acceptors (Lipinski definition) is 4. The van der Waals surface area contributed by atoms with E-state index in [1.54, 1.807) is 6.92 Å². The van der Waals surface area contributed by atoms with Gasteiger partial charge in [0.15, 0.2) is 5.13 Å². The fraction of sp³-hybridized carbons (Fsp3) is 0.435. The van der Waals surface area contributed by atoms with Gasteiger partial charge in [-0.1, -0.05) is 30.4 Å². The fourth-order valence-corrected chi connectivity index (χ4v) is 4.21. The first-order chi connectivity index (χ1) is 14.7. The summed E-state index contributed by atoms with van der Waals surface area (Å²) in [5.41, 5.74) is 1.65. The highest BCUT2D eigenvalue weighted by Gasteiger charge is 2.29. The third-order valence-corrected chi connectivity index (χ3v) is 5.99. The molecule has 0 N–H and O–H groups in total. The number of piperazine rings is 1. The minimum absolute atomic E-state index is 0.560. The van der Waals surface area contributed by atoms with Gasteiger partial charge in [0.05, 0.1) is 5.56 Å². The van der Waals surface area contributed by atoms with Gasteiger partial charge < -0.3 is 4.90 Å². The molecular weight excluding hydrogens is 443 g/mol. The van der Waals surface area contributed by atoms with Crippen molar-refractivity contribution < 1.29 is 13.2 Å². The number of nitrogens with zero attached hydrogens (tertiary/aromatic N) is 3. The summed E-state index contributed by atoms with van der Waals surface area (Å²) in [5, 5.41) is 0.723. The standard InChI is InChI=1S/C23H29ClF3N3S/c1-4-20(15-18(2)7-5-9-24)17-29-11-13-30(14-12-29)22-28-10-6-8-21(23(25,26)27)16-19(3)31-22/h4,6-8,10,15-16H,1,5,9,11-14,17H2,2-3H3/b10-6?,18-7-,19-16?,20-15+,21-8?,28-22?. The molecule has 1 aliphatic heterocycles. The van der Waals surface area contributed by atoms with E-state index >= 15 is 0 Å². The minimum Gasteiger partial charge on any atom is -0.346 e. The first kappa shape index (κ1) is 25.4. The Morgan fingerprint density at radius 1 is 1.29 bits per heavy atom. The first-order valence-corrected chi connectivity index (χ1v) is 11.5. The number of rotatable bonds is 7. The topological polar surface area (TPSA) is 19.4 Å². The van der Waals surface area contributed by atoms with E-state index in [0.717, 1.165) is 55.9 Å². The second kappa shape index (κ2) is 12.3. The molecule has 0 radical (unpaired) electrons. The maximum Gasteiger partial charge on any atom is 0.416 e. The van der Waals surface area contributed by atoms with Crippen molar-refractivity contribution in [1.82, 2.24) is 9.88 Å². The summed E-state index contributed by atoms with van der Waals surface area (Å²) >= 11 is 7.02. The molecule has 170 valence electrons. The molecule has 0 spiro atoms. The summed E-state index contributed by atoms with van der Waals surface area (Å²) in [6.07, 6.45) is 4.03. The molecule has 2 rings (SSSR count). The molecule has 0 bridgehead atoms. The number of hydrogen-bond donors (Lipinski definition) is 0. The van der Waals surface area contributed by atoms with Crippen LogP contribution in [0.3, 0.4) is 0 Å². The average Bonchev–Trinajstić information content (AvgIpc) is 2.82. The third kappa shape index (κ3) is 8.67. The Morgan fingerprint density at radius 3 is 2.61 bits per heavy atom. The minimum atomic E-state index is -4.38. The number of halogens is 4. The van der Waals surface area contributed by atoms with Crippen LogP contribution in [0.1, 0.15) is 23.8 Å². The van der Waals surface area contributed by atoms with Gasteiger partial charge in [-0.25, -0.2) is 4.98 Å². The van der Waals surface area contributed by atoms with E-state index in [1.807, 2.05) is 6.08 Å². The lowest BCUT2D eigenvalue weighted by Crippen LogP contribution is -2.46. The number of anilines is 1. The molecule has 0 atom stereocenters. The Kier molecular flexibility index (Phi) is 10.1. The van der Waals surface area contributed by atoms with Gasteiger partial charge in [-0.2, -0.15) is 13.2 Å². The second-order valence-electron chi connectivity index (χ2n) is 7.34. The Labute approximate surface area is 191 Å². The number of alkyl halides is 4. The summed E-state index contributed by atoms with van der Waals surface area (Å²) in [6, 6.07) is 3.57. The van der Waals surface area contributed by atoms with Gasteiger partial charge >= 0.3 is 6.18 Å². The summed E-state index contributed by atoms with van der Waals surface area (Å²) in [5.74, 6) is 0.607. The maximum absolute atomic E-state index is 13.1. The monoisotopic (exact) mass is 471 g/mol. The largest absolute Gasteiger partial charge is 0.416 e. The number of aryl methyl sites for hydroxylation is 1.